The first-order chi connectivity index (χ1) is 9.32. The summed E-state index contributed by atoms with van der Waals surface area (Å²) in [7, 11) is 0. The van der Waals surface area contributed by atoms with Gasteiger partial charge in [-0.1, -0.05) is 41.9 Å². The number of nitrogens with zero attached hydrogens (tertiary/aromatic N) is 1. The molecule has 3 nitrogen and oxygen atoms in total. The number of likely N-dealkylation sites (tertiary alicyclic amines) is 1. The molecule has 0 spiro atoms. The van der Waals surface area contributed by atoms with Crippen LogP contribution in [0.4, 0.5) is 0 Å². The lowest BCUT2D eigenvalue weighted by Crippen LogP contribution is -2.50. The normalized spacial score (nSPS) is 22.1. The van der Waals surface area contributed by atoms with E-state index in [4.69, 9.17) is 5.73 Å². The van der Waals surface area contributed by atoms with E-state index in [1.54, 1.807) is 6.92 Å². The van der Waals surface area contributed by atoms with Crippen LogP contribution in [0.2, 0.25) is 0 Å². The van der Waals surface area contributed by atoms with Gasteiger partial charge in [0.15, 0.2) is 0 Å². The Hall–Kier alpha value is -0.870. The second-order valence-corrected chi connectivity index (χ2v) is 7.17. The molecule has 0 aromatic heterocycles. The molecule has 20 heavy (non-hydrogen) atoms. The molecule has 1 saturated heterocycles. The SMILES string of the molecule is CC(C)C1CCN(C(=O)C(C)(N)c2ccc(Br)cc2)C1. The molecule has 1 aromatic carbocycles. The number of carbonyl (C=O) groups is 1. The van der Waals surface area contributed by atoms with Crippen LogP contribution in [-0.4, -0.2) is 23.9 Å². The summed E-state index contributed by atoms with van der Waals surface area (Å²) in [6, 6.07) is 7.68. The van der Waals surface area contributed by atoms with Crippen molar-refractivity contribution >= 4 is 21.8 Å². The van der Waals surface area contributed by atoms with Gasteiger partial charge in [-0.3, -0.25) is 4.79 Å². The Morgan fingerprint density at radius 2 is 2.00 bits per heavy atom. The first kappa shape index (κ1) is 15.5. The van der Waals surface area contributed by atoms with Crippen LogP contribution in [0.15, 0.2) is 28.7 Å². The Bertz CT molecular complexity index is 482. The van der Waals surface area contributed by atoms with Gasteiger partial charge in [0.25, 0.3) is 0 Å². The van der Waals surface area contributed by atoms with Crippen LogP contribution in [0.5, 0.6) is 0 Å². The van der Waals surface area contributed by atoms with Gasteiger partial charge in [0.2, 0.25) is 5.91 Å². The zero-order chi connectivity index (χ0) is 14.9. The molecule has 0 saturated carbocycles. The fourth-order valence-electron chi connectivity index (χ4n) is 2.76. The topological polar surface area (TPSA) is 46.3 Å². The second-order valence-electron chi connectivity index (χ2n) is 6.25. The van der Waals surface area contributed by atoms with E-state index < -0.39 is 5.54 Å². The number of rotatable bonds is 3. The van der Waals surface area contributed by atoms with Gasteiger partial charge in [-0.05, 0) is 42.9 Å². The second kappa shape index (κ2) is 5.86. The van der Waals surface area contributed by atoms with E-state index in [1.807, 2.05) is 29.2 Å². The third-order valence-corrected chi connectivity index (χ3v) is 4.87. The first-order valence-corrected chi connectivity index (χ1v) is 7.96. The number of amides is 1. The summed E-state index contributed by atoms with van der Waals surface area (Å²) in [5.41, 5.74) is 6.23. The van der Waals surface area contributed by atoms with E-state index >= 15 is 0 Å². The minimum Gasteiger partial charge on any atom is -0.341 e. The number of halogens is 1. The number of benzene rings is 1. The molecule has 1 fully saturated rings. The van der Waals surface area contributed by atoms with Crippen molar-refractivity contribution in [3.63, 3.8) is 0 Å². The third kappa shape index (κ3) is 3.07. The molecule has 1 heterocycles. The minimum absolute atomic E-state index is 0.0305. The Labute approximate surface area is 129 Å². The third-order valence-electron chi connectivity index (χ3n) is 4.34. The van der Waals surface area contributed by atoms with Gasteiger partial charge in [-0.2, -0.15) is 0 Å². The van der Waals surface area contributed by atoms with Crippen LogP contribution in [0.25, 0.3) is 0 Å². The fourth-order valence-corrected chi connectivity index (χ4v) is 3.03. The van der Waals surface area contributed by atoms with Gasteiger partial charge in [0.1, 0.15) is 5.54 Å². The summed E-state index contributed by atoms with van der Waals surface area (Å²) in [6.07, 6.45) is 1.08. The average Bonchev–Trinajstić information content (AvgIpc) is 2.88. The molecule has 1 aromatic rings. The molecule has 1 aliphatic rings. The summed E-state index contributed by atoms with van der Waals surface area (Å²) >= 11 is 3.40. The molecular weight excluding hydrogens is 316 g/mol. The van der Waals surface area contributed by atoms with Gasteiger partial charge >= 0.3 is 0 Å². The van der Waals surface area contributed by atoms with Crippen LogP contribution in [-0.2, 0) is 10.3 Å². The van der Waals surface area contributed by atoms with E-state index in [9.17, 15) is 4.79 Å². The lowest BCUT2D eigenvalue weighted by molar-refractivity contribution is -0.135. The van der Waals surface area contributed by atoms with E-state index in [0.29, 0.717) is 11.8 Å². The molecule has 2 rings (SSSR count). The quantitative estimate of drug-likeness (QED) is 0.920. The molecule has 2 unspecified atom stereocenters. The minimum atomic E-state index is -0.952. The van der Waals surface area contributed by atoms with Crippen LogP contribution >= 0.6 is 15.9 Å². The average molecular weight is 339 g/mol. The number of carbonyl (C=O) groups excluding carboxylic acids is 1. The van der Waals surface area contributed by atoms with Crippen molar-refractivity contribution in [3.8, 4) is 0 Å². The molecule has 0 radical (unpaired) electrons. The lowest BCUT2D eigenvalue weighted by atomic mass is 9.91. The van der Waals surface area contributed by atoms with Crippen molar-refractivity contribution in [2.45, 2.75) is 32.7 Å². The van der Waals surface area contributed by atoms with Crippen molar-refractivity contribution in [3.05, 3.63) is 34.3 Å². The highest BCUT2D eigenvalue weighted by Gasteiger charge is 2.38. The summed E-state index contributed by atoms with van der Waals surface area (Å²) in [4.78, 5) is 14.6. The lowest BCUT2D eigenvalue weighted by Gasteiger charge is -2.30. The van der Waals surface area contributed by atoms with E-state index in [2.05, 4.69) is 29.8 Å². The maximum absolute atomic E-state index is 12.7. The van der Waals surface area contributed by atoms with Crippen molar-refractivity contribution in [1.29, 1.82) is 0 Å². The molecule has 4 heteroatoms. The van der Waals surface area contributed by atoms with Crippen molar-refractivity contribution < 1.29 is 4.79 Å². The van der Waals surface area contributed by atoms with Crippen LogP contribution < -0.4 is 5.73 Å². The van der Waals surface area contributed by atoms with Gasteiger partial charge in [-0.15, -0.1) is 0 Å². The van der Waals surface area contributed by atoms with E-state index in [0.717, 1.165) is 29.5 Å². The van der Waals surface area contributed by atoms with Crippen molar-refractivity contribution in [1.82, 2.24) is 4.90 Å². The van der Waals surface area contributed by atoms with Crippen molar-refractivity contribution in [2.75, 3.05) is 13.1 Å². The highest BCUT2D eigenvalue weighted by atomic mass is 79.9. The van der Waals surface area contributed by atoms with Crippen LogP contribution in [0.3, 0.4) is 0 Å². The fraction of sp³-hybridized carbons (Fsp3) is 0.562. The largest absolute Gasteiger partial charge is 0.341 e. The summed E-state index contributed by atoms with van der Waals surface area (Å²) in [5.74, 6) is 1.24. The van der Waals surface area contributed by atoms with Crippen molar-refractivity contribution in [2.24, 2.45) is 17.6 Å². The van der Waals surface area contributed by atoms with Gasteiger partial charge < -0.3 is 10.6 Å². The molecule has 0 bridgehead atoms. The van der Waals surface area contributed by atoms with E-state index in [1.165, 1.54) is 0 Å². The molecule has 2 N–H and O–H groups in total. The number of nitrogens with two attached hydrogens (primary N) is 1. The Morgan fingerprint density at radius 3 is 2.50 bits per heavy atom. The highest BCUT2D eigenvalue weighted by Crippen LogP contribution is 2.28. The summed E-state index contributed by atoms with van der Waals surface area (Å²) in [5, 5.41) is 0. The molecular formula is C16H23BrN2O. The molecule has 110 valence electrons. The molecule has 1 aliphatic heterocycles. The van der Waals surface area contributed by atoms with Crippen LogP contribution in [0.1, 0.15) is 32.8 Å². The first-order valence-electron chi connectivity index (χ1n) is 7.16. The zero-order valence-electron chi connectivity index (χ0n) is 12.4. The Morgan fingerprint density at radius 1 is 1.40 bits per heavy atom. The monoisotopic (exact) mass is 338 g/mol. The van der Waals surface area contributed by atoms with E-state index in [-0.39, 0.29) is 5.91 Å². The highest BCUT2D eigenvalue weighted by molar-refractivity contribution is 9.10. The number of hydrogen-bond donors (Lipinski definition) is 1. The molecule has 2 atom stereocenters. The predicted molar refractivity (Wildman–Crippen MR) is 85.2 cm³/mol. The Kier molecular flexibility index (Phi) is 4.55. The number of hydrogen-bond acceptors (Lipinski definition) is 2. The predicted octanol–water partition coefficient (Wildman–Crippen LogP) is 3.13. The zero-order valence-corrected chi connectivity index (χ0v) is 14.0. The summed E-state index contributed by atoms with van der Waals surface area (Å²) in [6.45, 7) is 7.90. The standard InChI is InChI=1S/C16H23BrN2O/c1-11(2)12-8-9-19(10-12)15(20)16(3,18)13-4-6-14(17)7-5-13/h4-7,11-12H,8-10,18H2,1-3H3. The molecule has 0 aliphatic carbocycles. The van der Waals surface area contributed by atoms with Crippen LogP contribution in [0, 0.1) is 11.8 Å². The molecule has 1 amide bonds. The van der Waals surface area contributed by atoms with Gasteiger partial charge in [0.05, 0.1) is 0 Å². The summed E-state index contributed by atoms with van der Waals surface area (Å²) < 4.78 is 0.991. The Balaban J connectivity index is 2.13. The van der Waals surface area contributed by atoms with Gasteiger partial charge in [-0.25, -0.2) is 0 Å². The van der Waals surface area contributed by atoms with Gasteiger partial charge in [0, 0.05) is 17.6 Å². The maximum Gasteiger partial charge on any atom is 0.246 e. The maximum atomic E-state index is 12.7. The smallest absolute Gasteiger partial charge is 0.246 e.